The van der Waals surface area contributed by atoms with Crippen molar-refractivity contribution in [1.29, 1.82) is 0 Å². The fourth-order valence-corrected chi connectivity index (χ4v) is 2.58. The Morgan fingerprint density at radius 2 is 2.21 bits per heavy atom. The number of pyridine rings is 1. The highest BCUT2D eigenvalue weighted by molar-refractivity contribution is 5.88. The van der Waals surface area contributed by atoms with Crippen LogP contribution in [0.2, 0.25) is 0 Å². The Labute approximate surface area is 112 Å². The van der Waals surface area contributed by atoms with Crippen LogP contribution in [0.5, 0.6) is 0 Å². The average Bonchev–Trinajstić information content (AvgIpc) is 2.81. The Balaban J connectivity index is 2.09. The Kier molecular flexibility index (Phi) is 4.14. The van der Waals surface area contributed by atoms with E-state index in [4.69, 9.17) is 4.74 Å². The van der Waals surface area contributed by atoms with Crippen molar-refractivity contribution in [3.63, 3.8) is 0 Å². The van der Waals surface area contributed by atoms with Crippen LogP contribution in [0, 0.1) is 0 Å². The van der Waals surface area contributed by atoms with Gasteiger partial charge in [-0.1, -0.05) is 0 Å². The number of aromatic nitrogens is 1. The van der Waals surface area contributed by atoms with Gasteiger partial charge < -0.3 is 9.64 Å². The van der Waals surface area contributed by atoms with E-state index in [1.54, 1.807) is 17.3 Å². The summed E-state index contributed by atoms with van der Waals surface area (Å²) < 4.78 is 4.77. The van der Waals surface area contributed by atoms with Crippen LogP contribution >= 0.6 is 0 Å². The van der Waals surface area contributed by atoms with E-state index in [0.717, 1.165) is 5.56 Å². The predicted molar refractivity (Wildman–Crippen MR) is 69.3 cm³/mol. The first-order valence-corrected chi connectivity index (χ1v) is 6.41. The van der Waals surface area contributed by atoms with E-state index < -0.39 is 6.04 Å². The number of methoxy groups -OCH3 is 1. The molecular formula is C14H18N2O3. The minimum absolute atomic E-state index is 0.0250. The Bertz CT molecular complexity index is 461. The van der Waals surface area contributed by atoms with Gasteiger partial charge in [0, 0.05) is 24.9 Å². The number of amides is 1. The summed E-state index contributed by atoms with van der Waals surface area (Å²) in [5.74, 6) is -0.301. The summed E-state index contributed by atoms with van der Waals surface area (Å²) in [5.41, 5.74) is 1.10. The fourth-order valence-electron chi connectivity index (χ4n) is 2.58. The second-order valence-corrected chi connectivity index (χ2v) is 4.79. The van der Waals surface area contributed by atoms with Crippen molar-refractivity contribution < 1.29 is 14.3 Å². The lowest BCUT2D eigenvalue weighted by Gasteiger charge is -2.29. The van der Waals surface area contributed by atoms with E-state index in [1.165, 1.54) is 7.11 Å². The van der Waals surface area contributed by atoms with E-state index in [9.17, 15) is 9.59 Å². The molecule has 5 nitrogen and oxygen atoms in total. The quantitative estimate of drug-likeness (QED) is 0.764. The van der Waals surface area contributed by atoms with Gasteiger partial charge >= 0.3 is 5.97 Å². The van der Waals surface area contributed by atoms with Crippen molar-refractivity contribution >= 4 is 11.9 Å². The van der Waals surface area contributed by atoms with E-state index in [-0.39, 0.29) is 17.9 Å². The molecule has 0 radical (unpaired) electrons. The third kappa shape index (κ3) is 2.92. The molecule has 1 aliphatic rings. The number of likely N-dealkylation sites (tertiary alicyclic amines) is 1. The molecule has 0 saturated carbocycles. The molecule has 1 aromatic heterocycles. The highest BCUT2D eigenvalue weighted by Crippen LogP contribution is 2.24. The molecule has 2 rings (SSSR count). The third-order valence-electron chi connectivity index (χ3n) is 3.48. The molecule has 1 aliphatic heterocycles. The molecule has 2 unspecified atom stereocenters. The van der Waals surface area contributed by atoms with Gasteiger partial charge in [-0.15, -0.1) is 0 Å². The Hall–Kier alpha value is -1.91. The lowest BCUT2D eigenvalue weighted by molar-refractivity contribution is -0.150. The molecule has 0 N–H and O–H groups in total. The molecule has 2 atom stereocenters. The van der Waals surface area contributed by atoms with Gasteiger partial charge in [-0.2, -0.15) is 0 Å². The van der Waals surface area contributed by atoms with Crippen LogP contribution in [-0.4, -0.2) is 41.0 Å². The molecule has 1 amide bonds. The van der Waals surface area contributed by atoms with Crippen LogP contribution < -0.4 is 0 Å². The summed E-state index contributed by atoms with van der Waals surface area (Å²) in [7, 11) is 1.36. The summed E-state index contributed by atoms with van der Waals surface area (Å²) in [6.45, 7) is 1.96. The molecule has 0 bridgehead atoms. The molecule has 1 fully saturated rings. The molecule has 1 aromatic rings. The van der Waals surface area contributed by atoms with Gasteiger partial charge in [-0.05, 0) is 37.5 Å². The van der Waals surface area contributed by atoms with Crippen LogP contribution in [0.3, 0.4) is 0 Å². The van der Waals surface area contributed by atoms with Gasteiger partial charge in [0.25, 0.3) is 0 Å². The minimum atomic E-state index is -0.436. The molecule has 0 spiro atoms. The maximum absolute atomic E-state index is 11.9. The predicted octanol–water partition coefficient (Wildman–Crippen LogP) is 1.18. The normalized spacial score (nSPS) is 20.4. The summed E-state index contributed by atoms with van der Waals surface area (Å²) in [6.07, 6.45) is 5.13. The molecule has 0 aromatic carbocycles. The smallest absolute Gasteiger partial charge is 0.328 e. The number of esters is 1. The molecular weight excluding hydrogens is 244 g/mol. The van der Waals surface area contributed by atoms with Crippen molar-refractivity contribution in [2.75, 3.05) is 7.11 Å². The summed E-state index contributed by atoms with van der Waals surface area (Å²) in [4.78, 5) is 29.3. The number of rotatable bonds is 4. The maximum atomic E-state index is 11.9. The highest BCUT2D eigenvalue weighted by Gasteiger charge is 2.39. The van der Waals surface area contributed by atoms with Crippen LogP contribution in [0.4, 0.5) is 0 Å². The monoisotopic (exact) mass is 262 g/mol. The van der Waals surface area contributed by atoms with Crippen LogP contribution in [0.25, 0.3) is 0 Å². The number of hydrogen-bond acceptors (Lipinski definition) is 4. The van der Waals surface area contributed by atoms with Gasteiger partial charge in [0.15, 0.2) is 0 Å². The Morgan fingerprint density at radius 1 is 1.53 bits per heavy atom. The first kappa shape index (κ1) is 13.5. The van der Waals surface area contributed by atoms with E-state index >= 15 is 0 Å². The van der Waals surface area contributed by atoms with Gasteiger partial charge in [-0.25, -0.2) is 4.79 Å². The van der Waals surface area contributed by atoms with Crippen molar-refractivity contribution in [3.8, 4) is 0 Å². The van der Waals surface area contributed by atoms with Crippen LogP contribution in [0.1, 0.15) is 25.3 Å². The SMILES string of the molecule is COC(=O)C1CCC(=O)N1C(C)Cc1ccncc1. The second kappa shape index (κ2) is 5.82. The topological polar surface area (TPSA) is 59.5 Å². The zero-order valence-corrected chi connectivity index (χ0v) is 11.2. The van der Waals surface area contributed by atoms with Gasteiger partial charge in [0.05, 0.1) is 7.11 Å². The molecule has 2 heterocycles. The number of hydrogen-bond donors (Lipinski definition) is 0. The summed E-state index contributed by atoms with van der Waals surface area (Å²) in [6, 6.07) is 3.38. The molecule has 1 saturated heterocycles. The van der Waals surface area contributed by atoms with Crippen molar-refractivity contribution in [2.45, 2.75) is 38.3 Å². The molecule has 102 valence electrons. The number of ether oxygens (including phenoxy) is 1. The molecule has 5 heteroatoms. The van der Waals surface area contributed by atoms with Crippen LogP contribution in [-0.2, 0) is 20.7 Å². The van der Waals surface area contributed by atoms with Crippen molar-refractivity contribution in [2.24, 2.45) is 0 Å². The standard InChI is InChI=1S/C14H18N2O3/c1-10(9-11-5-7-15-8-6-11)16-12(14(18)19-2)3-4-13(16)17/h5-8,10,12H,3-4,9H2,1-2H3. The summed E-state index contributed by atoms with van der Waals surface area (Å²) in [5, 5.41) is 0. The number of carbonyl (C=O) groups excluding carboxylic acids is 2. The van der Waals surface area contributed by atoms with Gasteiger partial charge in [0.1, 0.15) is 6.04 Å². The highest BCUT2D eigenvalue weighted by atomic mass is 16.5. The number of carbonyl (C=O) groups is 2. The fraction of sp³-hybridized carbons (Fsp3) is 0.500. The first-order valence-electron chi connectivity index (χ1n) is 6.41. The molecule has 19 heavy (non-hydrogen) atoms. The van der Waals surface area contributed by atoms with E-state index in [1.807, 2.05) is 19.1 Å². The largest absolute Gasteiger partial charge is 0.467 e. The Morgan fingerprint density at radius 3 is 2.84 bits per heavy atom. The first-order chi connectivity index (χ1) is 9.13. The zero-order valence-electron chi connectivity index (χ0n) is 11.2. The number of nitrogens with zero attached hydrogens (tertiary/aromatic N) is 2. The molecule has 0 aliphatic carbocycles. The van der Waals surface area contributed by atoms with Crippen LogP contribution in [0.15, 0.2) is 24.5 Å². The van der Waals surface area contributed by atoms with Crippen molar-refractivity contribution in [3.05, 3.63) is 30.1 Å². The van der Waals surface area contributed by atoms with Gasteiger partial charge in [-0.3, -0.25) is 9.78 Å². The second-order valence-electron chi connectivity index (χ2n) is 4.79. The van der Waals surface area contributed by atoms with E-state index in [2.05, 4.69) is 4.98 Å². The van der Waals surface area contributed by atoms with Crippen molar-refractivity contribution in [1.82, 2.24) is 9.88 Å². The third-order valence-corrected chi connectivity index (χ3v) is 3.48. The summed E-state index contributed by atoms with van der Waals surface area (Å²) >= 11 is 0. The lowest BCUT2D eigenvalue weighted by Crippen LogP contribution is -2.45. The average molecular weight is 262 g/mol. The minimum Gasteiger partial charge on any atom is -0.467 e. The maximum Gasteiger partial charge on any atom is 0.328 e. The van der Waals surface area contributed by atoms with Gasteiger partial charge in [0.2, 0.25) is 5.91 Å². The zero-order chi connectivity index (χ0) is 13.8. The lowest BCUT2D eigenvalue weighted by atomic mass is 10.1. The van der Waals surface area contributed by atoms with E-state index in [0.29, 0.717) is 19.3 Å².